The van der Waals surface area contributed by atoms with Crippen LogP contribution in [0.3, 0.4) is 0 Å². The van der Waals surface area contributed by atoms with Crippen molar-refractivity contribution in [2.24, 2.45) is 0 Å². The van der Waals surface area contributed by atoms with E-state index in [0.717, 1.165) is 48.2 Å². The van der Waals surface area contributed by atoms with Gasteiger partial charge in [0.2, 0.25) is 0 Å². The van der Waals surface area contributed by atoms with Gasteiger partial charge < -0.3 is 4.74 Å². The van der Waals surface area contributed by atoms with Crippen LogP contribution in [0.4, 0.5) is 30.7 Å². The van der Waals surface area contributed by atoms with Gasteiger partial charge in [0.1, 0.15) is 17.7 Å². The molecular formula is C36H25F7O. The summed E-state index contributed by atoms with van der Waals surface area (Å²) in [5.74, 6) is -6.05. The van der Waals surface area contributed by atoms with Crippen LogP contribution >= 0.6 is 0 Å². The Morgan fingerprint density at radius 3 is 2.00 bits per heavy atom. The van der Waals surface area contributed by atoms with Gasteiger partial charge in [-0.1, -0.05) is 98.3 Å². The Morgan fingerprint density at radius 1 is 0.727 bits per heavy atom. The Hall–Kier alpha value is -4.43. The number of rotatable bonds is 7. The number of hydrogen-bond acceptors (Lipinski definition) is 1. The standard InChI is InChI=1S/C36H25F7O/c1-2-3-20-4-9-22(10-5-20)23-11-6-21(7-12-23)8-13-24-14-16-26(33(38)31(24)36(41,42)43)28-18-25-15-17-27(29-19-44-29)32(37)30(25)35(40)34(28)39/h4-18,29H,2-3,19H2,1H3/b13-8+. The van der Waals surface area contributed by atoms with E-state index in [2.05, 4.69) is 19.1 Å². The van der Waals surface area contributed by atoms with Crippen molar-refractivity contribution in [2.45, 2.75) is 32.0 Å². The first kappa shape index (κ1) is 29.6. The van der Waals surface area contributed by atoms with E-state index in [1.54, 1.807) is 12.1 Å². The molecule has 0 saturated carbocycles. The molecule has 1 unspecified atom stereocenters. The van der Waals surface area contributed by atoms with Crippen LogP contribution in [-0.2, 0) is 17.3 Å². The van der Waals surface area contributed by atoms with Crippen molar-refractivity contribution < 1.29 is 35.5 Å². The molecule has 1 aliphatic heterocycles. The molecule has 1 atom stereocenters. The van der Waals surface area contributed by atoms with Crippen molar-refractivity contribution in [3.63, 3.8) is 0 Å². The molecule has 0 aromatic heterocycles. The Bertz CT molecular complexity index is 1880. The lowest BCUT2D eigenvalue weighted by molar-refractivity contribution is -0.140. The second kappa shape index (κ2) is 11.6. The number of alkyl halides is 3. The molecule has 44 heavy (non-hydrogen) atoms. The summed E-state index contributed by atoms with van der Waals surface area (Å²) >= 11 is 0. The lowest BCUT2D eigenvalue weighted by atomic mass is 9.93. The third kappa shape index (κ3) is 5.62. The first-order valence-corrected chi connectivity index (χ1v) is 14.1. The molecule has 5 aromatic rings. The predicted octanol–water partition coefficient (Wildman–Crippen LogP) is 10.9. The number of epoxide rings is 1. The number of hydrogen-bond donors (Lipinski definition) is 0. The zero-order chi connectivity index (χ0) is 31.2. The van der Waals surface area contributed by atoms with E-state index in [-0.39, 0.29) is 17.6 Å². The van der Waals surface area contributed by atoms with E-state index in [1.165, 1.54) is 23.8 Å². The van der Waals surface area contributed by atoms with E-state index in [1.807, 2.05) is 24.3 Å². The van der Waals surface area contributed by atoms with Gasteiger partial charge in [0.15, 0.2) is 11.6 Å². The minimum atomic E-state index is -5.15. The highest BCUT2D eigenvalue weighted by molar-refractivity contribution is 5.90. The molecule has 8 heteroatoms. The molecule has 5 aromatic carbocycles. The molecule has 1 fully saturated rings. The molecule has 1 nitrogen and oxygen atoms in total. The zero-order valence-electron chi connectivity index (χ0n) is 23.4. The summed E-state index contributed by atoms with van der Waals surface area (Å²) in [5, 5.41) is -0.798. The maximum absolute atomic E-state index is 15.6. The van der Waals surface area contributed by atoms with Gasteiger partial charge in [-0.3, -0.25) is 0 Å². The summed E-state index contributed by atoms with van der Waals surface area (Å²) in [6.07, 6.45) is -1.16. The molecule has 0 bridgehead atoms. The highest BCUT2D eigenvalue weighted by atomic mass is 19.4. The molecule has 0 aliphatic carbocycles. The number of aryl methyl sites for hydroxylation is 1. The largest absolute Gasteiger partial charge is 0.419 e. The molecule has 1 aliphatic rings. The average Bonchev–Trinajstić information content (AvgIpc) is 3.84. The molecule has 0 spiro atoms. The number of ether oxygens (including phenoxy) is 1. The van der Waals surface area contributed by atoms with Crippen LogP contribution in [0.25, 0.3) is 45.2 Å². The molecule has 224 valence electrons. The van der Waals surface area contributed by atoms with E-state index in [4.69, 9.17) is 4.74 Å². The maximum atomic E-state index is 15.6. The predicted molar refractivity (Wildman–Crippen MR) is 158 cm³/mol. The monoisotopic (exact) mass is 606 g/mol. The summed E-state index contributed by atoms with van der Waals surface area (Å²) in [7, 11) is 0. The van der Waals surface area contributed by atoms with Crippen molar-refractivity contribution in [2.75, 3.05) is 6.61 Å². The van der Waals surface area contributed by atoms with Crippen molar-refractivity contribution in [1.82, 2.24) is 0 Å². The normalized spacial score (nSPS) is 15.0. The van der Waals surface area contributed by atoms with Crippen molar-refractivity contribution >= 4 is 22.9 Å². The third-order valence-corrected chi connectivity index (χ3v) is 7.77. The highest BCUT2D eigenvalue weighted by Crippen LogP contribution is 2.42. The van der Waals surface area contributed by atoms with Crippen LogP contribution in [0.2, 0.25) is 0 Å². The molecule has 1 saturated heterocycles. The molecular weight excluding hydrogens is 581 g/mol. The summed E-state index contributed by atoms with van der Waals surface area (Å²) in [6, 6.07) is 20.8. The Morgan fingerprint density at radius 2 is 1.39 bits per heavy atom. The molecule has 1 heterocycles. The van der Waals surface area contributed by atoms with Crippen LogP contribution in [0, 0.1) is 23.3 Å². The van der Waals surface area contributed by atoms with Gasteiger partial charge in [-0.25, -0.2) is 17.6 Å². The number of fused-ring (bicyclic) bond motifs is 1. The van der Waals surface area contributed by atoms with E-state index in [0.29, 0.717) is 5.56 Å². The van der Waals surface area contributed by atoms with E-state index < -0.39 is 63.2 Å². The fourth-order valence-corrected chi connectivity index (χ4v) is 5.42. The fraction of sp³-hybridized carbons (Fsp3) is 0.167. The quantitative estimate of drug-likeness (QED) is 0.102. The summed E-state index contributed by atoms with van der Waals surface area (Å²) in [6.45, 7) is 2.34. The lowest BCUT2D eigenvalue weighted by Crippen LogP contribution is -2.12. The third-order valence-electron chi connectivity index (χ3n) is 7.77. The van der Waals surface area contributed by atoms with Crippen LogP contribution < -0.4 is 0 Å². The summed E-state index contributed by atoms with van der Waals surface area (Å²) < 4.78 is 108. The zero-order valence-corrected chi connectivity index (χ0v) is 23.4. The highest BCUT2D eigenvalue weighted by Gasteiger charge is 2.38. The molecule has 0 N–H and O–H groups in total. The minimum Gasteiger partial charge on any atom is -0.368 e. The first-order valence-electron chi connectivity index (χ1n) is 14.1. The first-order chi connectivity index (χ1) is 21.1. The Kier molecular flexibility index (Phi) is 7.80. The Labute approximate surface area is 249 Å². The van der Waals surface area contributed by atoms with E-state index in [9.17, 15) is 17.6 Å². The maximum Gasteiger partial charge on any atom is 0.419 e. The van der Waals surface area contributed by atoms with Crippen molar-refractivity contribution in [1.29, 1.82) is 0 Å². The van der Waals surface area contributed by atoms with Crippen molar-refractivity contribution in [3.8, 4) is 22.3 Å². The van der Waals surface area contributed by atoms with Gasteiger partial charge in [0.25, 0.3) is 0 Å². The van der Waals surface area contributed by atoms with Gasteiger partial charge in [-0.2, -0.15) is 13.2 Å². The molecule has 0 radical (unpaired) electrons. The van der Waals surface area contributed by atoms with Gasteiger partial charge in [0, 0.05) is 16.7 Å². The average molecular weight is 607 g/mol. The van der Waals surface area contributed by atoms with Gasteiger partial charge >= 0.3 is 6.18 Å². The SMILES string of the molecule is CCCc1ccc(-c2ccc(/C=C/c3ccc(-c4cc5ccc(C6CO6)c(F)c5c(F)c4F)c(F)c3C(F)(F)F)cc2)cc1. The second-order valence-corrected chi connectivity index (χ2v) is 10.7. The number of benzene rings is 5. The number of halogens is 7. The summed E-state index contributed by atoms with van der Waals surface area (Å²) in [4.78, 5) is 0. The molecule has 6 rings (SSSR count). The van der Waals surface area contributed by atoms with Gasteiger partial charge in [-0.15, -0.1) is 0 Å². The summed E-state index contributed by atoms with van der Waals surface area (Å²) in [5.41, 5.74) is 0.121. The topological polar surface area (TPSA) is 12.5 Å². The second-order valence-electron chi connectivity index (χ2n) is 10.7. The minimum absolute atomic E-state index is 0.0425. The molecule has 0 amide bonds. The smallest absolute Gasteiger partial charge is 0.368 e. The van der Waals surface area contributed by atoms with E-state index >= 15 is 13.2 Å². The van der Waals surface area contributed by atoms with Crippen molar-refractivity contribution in [3.05, 3.63) is 130 Å². The lowest BCUT2D eigenvalue weighted by Gasteiger charge is -2.16. The van der Waals surface area contributed by atoms with Gasteiger partial charge in [0.05, 0.1) is 17.6 Å². The van der Waals surface area contributed by atoms with Crippen LogP contribution in [0.15, 0.2) is 78.9 Å². The Balaban J connectivity index is 1.34. The fourth-order valence-electron chi connectivity index (χ4n) is 5.42. The van der Waals surface area contributed by atoms with Crippen LogP contribution in [0.1, 0.15) is 47.3 Å². The van der Waals surface area contributed by atoms with Gasteiger partial charge in [-0.05, 0) is 45.7 Å². The van der Waals surface area contributed by atoms with Crippen LogP contribution in [-0.4, -0.2) is 6.61 Å². The van der Waals surface area contributed by atoms with Crippen LogP contribution in [0.5, 0.6) is 0 Å².